The third kappa shape index (κ3) is 4.67. The van der Waals surface area contributed by atoms with Crippen LogP contribution in [0.5, 0.6) is 0 Å². The molecule has 1 N–H and O–H groups in total. The number of amides is 1. The lowest BCUT2D eigenvalue weighted by atomic mass is 9.99. The van der Waals surface area contributed by atoms with Gasteiger partial charge in [-0.3, -0.25) is 4.79 Å². The molecule has 174 valence electrons. The zero-order valence-electron chi connectivity index (χ0n) is 18.9. The number of aromatic nitrogens is 5. The molecule has 0 atom stereocenters. The minimum Gasteiger partial charge on any atom is -0.355 e. The van der Waals surface area contributed by atoms with Crippen molar-refractivity contribution in [3.8, 4) is 16.4 Å². The highest BCUT2D eigenvalue weighted by Crippen LogP contribution is 2.25. The molecule has 1 saturated heterocycles. The zero-order chi connectivity index (χ0) is 23.7. The number of thiazole rings is 1. The molecule has 4 aromatic rings. The summed E-state index contributed by atoms with van der Waals surface area (Å²) < 4.78 is 14.9. The minimum atomic E-state index is -0.263. The first kappa shape index (κ1) is 22.1. The Labute approximate surface area is 200 Å². The summed E-state index contributed by atoms with van der Waals surface area (Å²) in [6, 6.07) is 10.2. The van der Waals surface area contributed by atoms with E-state index in [1.54, 1.807) is 16.8 Å². The molecule has 1 aromatic carbocycles. The van der Waals surface area contributed by atoms with Gasteiger partial charge in [0.2, 0.25) is 5.91 Å². The predicted molar refractivity (Wildman–Crippen MR) is 129 cm³/mol. The normalized spacial score (nSPS) is 13.7. The molecule has 1 aliphatic heterocycles. The van der Waals surface area contributed by atoms with Crippen molar-refractivity contribution in [1.29, 1.82) is 0 Å². The molecular formula is C24H24FN7OS. The van der Waals surface area contributed by atoms with Gasteiger partial charge in [-0.05, 0) is 44.2 Å². The minimum absolute atomic E-state index is 0.0399. The monoisotopic (exact) mass is 477 g/mol. The highest BCUT2D eigenvalue weighted by atomic mass is 32.1. The summed E-state index contributed by atoms with van der Waals surface area (Å²) >= 11 is 1.52. The second-order valence-corrected chi connectivity index (χ2v) is 9.23. The summed E-state index contributed by atoms with van der Waals surface area (Å²) in [5.41, 5.74) is 3.75. The molecule has 1 fully saturated rings. The Morgan fingerprint density at radius 3 is 2.65 bits per heavy atom. The van der Waals surface area contributed by atoms with E-state index in [-0.39, 0.29) is 17.6 Å². The van der Waals surface area contributed by atoms with Crippen LogP contribution in [-0.4, -0.2) is 50.3 Å². The lowest BCUT2D eigenvalue weighted by Gasteiger charge is -2.39. The number of anilines is 1. The fourth-order valence-corrected chi connectivity index (χ4v) is 4.78. The fraction of sp³-hybridized carbons (Fsp3) is 0.292. The Morgan fingerprint density at radius 2 is 1.91 bits per heavy atom. The molecule has 8 nitrogen and oxygen atoms in total. The summed E-state index contributed by atoms with van der Waals surface area (Å²) in [7, 11) is 0. The van der Waals surface area contributed by atoms with E-state index >= 15 is 0 Å². The first-order valence-electron chi connectivity index (χ1n) is 11.0. The van der Waals surface area contributed by atoms with Crippen molar-refractivity contribution in [2.75, 3.05) is 24.5 Å². The van der Waals surface area contributed by atoms with Gasteiger partial charge in [0.15, 0.2) is 5.82 Å². The van der Waals surface area contributed by atoms with Crippen LogP contribution in [0.4, 0.5) is 10.2 Å². The Kier molecular flexibility index (Phi) is 6.06. The first-order chi connectivity index (χ1) is 16.5. The zero-order valence-corrected chi connectivity index (χ0v) is 19.7. The Balaban J connectivity index is 1.11. The van der Waals surface area contributed by atoms with Gasteiger partial charge < -0.3 is 10.2 Å². The second-order valence-electron chi connectivity index (χ2n) is 8.37. The van der Waals surface area contributed by atoms with Crippen LogP contribution < -0.4 is 10.2 Å². The lowest BCUT2D eigenvalue weighted by Crippen LogP contribution is -2.54. The molecule has 3 aromatic heterocycles. The van der Waals surface area contributed by atoms with Gasteiger partial charge in [-0.25, -0.2) is 24.0 Å². The van der Waals surface area contributed by atoms with Crippen molar-refractivity contribution in [2.45, 2.75) is 20.3 Å². The molecule has 0 aliphatic carbocycles. The Bertz CT molecular complexity index is 1310. The van der Waals surface area contributed by atoms with Crippen molar-refractivity contribution >= 4 is 23.1 Å². The summed E-state index contributed by atoms with van der Waals surface area (Å²) in [5, 5.41) is 10.3. The highest BCUT2D eigenvalue weighted by Gasteiger charge is 2.33. The largest absolute Gasteiger partial charge is 0.355 e. The van der Waals surface area contributed by atoms with E-state index < -0.39 is 0 Å². The standard InChI is InChI=1S/C24H24FN7OS/c1-15-9-16(2)32(30-15)22-10-21(27-14-28-22)31-11-18(12-31)23(33)26-8-7-20-13-34-24(29-20)17-3-5-19(25)6-4-17/h3-6,9-10,13-14,18H,7-8,11-12H2,1-2H3,(H,26,33). The number of rotatable bonds is 7. The van der Waals surface area contributed by atoms with Crippen LogP contribution in [0.15, 0.2) is 48.1 Å². The predicted octanol–water partition coefficient (Wildman–Crippen LogP) is 3.34. The van der Waals surface area contributed by atoms with E-state index in [0.717, 1.165) is 33.5 Å². The maximum Gasteiger partial charge on any atom is 0.226 e. The molecule has 0 saturated carbocycles. The highest BCUT2D eigenvalue weighted by molar-refractivity contribution is 7.13. The number of aryl methyl sites for hydroxylation is 2. The third-order valence-electron chi connectivity index (χ3n) is 5.76. The number of nitrogens with one attached hydrogen (secondary N) is 1. The molecule has 5 rings (SSSR count). The van der Waals surface area contributed by atoms with Crippen LogP contribution in [0.2, 0.25) is 0 Å². The Morgan fingerprint density at radius 1 is 1.15 bits per heavy atom. The maximum atomic E-state index is 13.1. The average molecular weight is 478 g/mol. The number of nitrogens with zero attached hydrogens (tertiary/aromatic N) is 6. The smallest absolute Gasteiger partial charge is 0.226 e. The molecule has 34 heavy (non-hydrogen) atoms. The van der Waals surface area contributed by atoms with Crippen LogP contribution in [-0.2, 0) is 11.2 Å². The lowest BCUT2D eigenvalue weighted by molar-refractivity contribution is -0.125. The van der Waals surface area contributed by atoms with Crippen LogP contribution in [0.25, 0.3) is 16.4 Å². The van der Waals surface area contributed by atoms with Gasteiger partial charge in [-0.1, -0.05) is 0 Å². The SMILES string of the molecule is Cc1cc(C)n(-c2cc(N3CC(C(=O)NCCc4csc(-c5ccc(F)cc5)n4)C3)ncn2)n1. The van der Waals surface area contributed by atoms with E-state index in [1.807, 2.05) is 31.4 Å². The third-order valence-corrected chi connectivity index (χ3v) is 6.70. The summed E-state index contributed by atoms with van der Waals surface area (Å²) in [6.45, 7) is 5.69. The molecule has 0 unspecified atom stereocenters. The number of halogens is 1. The van der Waals surface area contributed by atoms with Crippen LogP contribution in [0, 0.1) is 25.6 Å². The van der Waals surface area contributed by atoms with Gasteiger partial charge >= 0.3 is 0 Å². The van der Waals surface area contributed by atoms with E-state index in [0.29, 0.717) is 31.9 Å². The molecule has 1 aliphatic rings. The van der Waals surface area contributed by atoms with Crippen LogP contribution >= 0.6 is 11.3 Å². The van der Waals surface area contributed by atoms with Crippen molar-refractivity contribution in [3.63, 3.8) is 0 Å². The van der Waals surface area contributed by atoms with E-state index in [2.05, 4.69) is 30.3 Å². The van der Waals surface area contributed by atoms with Gasteiger partial charge in [0, 0.05) is 48.8 Å². The van der Waals surface area contributed by atoms with Crippen LogP contribution in [0.3, 0.4) is 0 Å². The van der Waals surface area contributed by atoms with Gasteiger partial charge in [-0.2, -0.15) is 5.10 Å². The van der Waals surface area contributed by atoms with Gasteiger partial charge in [-0.15, -0.1) is 11.3 Å². The summed E-state index contributed by atoms with van der Waals surface area (Å²) in [6.07, 6.45) is 2.18. The van der Waals surface area contributed by atoms with Crippen molar-refractivity contribution in [3.05, 3.63) is 71.0 Å². The average Bonchev–Trinajstić information content (AvgIpc) is 3.39. The molecular weight excluding hydrogens is 453 g/mol. The van der Waals surface area contributed by atoms with E-state index in [4.69, 9.17) is 0 Å². The summed E-state index contributed by atoms with van der Waals surface area (Å²) in [5.74, 6) is 1.21. The van der Waals surface area contributed by atoms with Crippen LogP contribution in [0.1, 0.15) is 17.1 Å². The Hall–Kier alpha value is -3.66. The van der Waals surface area contributed by atoms with Crippen molar-refractivity contribution in [2.24, 2.45) is 5.92 Å². The van der Waals surface area contributed by atoms with Gasteiger partial charge in [0.25, 0.3) is 0 Å². The summed E-state index contributed by atoms with van der Waals surface area (Å²) in [4.78, 5) is 27.9. The van der Waals surface area contributed by atoms with Gasteiger partial charge in [0.1, 0.15) is 23.0 Å². The van der Waals surface area contributed by atoms with Gasteiger partial charge in [0.05, 0.1) is 17.3 Å². The molecule has 0 bridgehead atoms. The number of benzene rings is 1. The molecule has 10 heteroatoms. The quantitative estimate of drug-likeness (QED) is 0.439. The number of carbonyl (C=O) groups excluding carboxylic acids is 1. The van der Waals surface area contributed by atoms with Crippen molar-refractivity contribution in [1.82, 2.24) is 30.0 Å². The second kappa shape index (κ2) is 9.30. The topological polar surface area (TPSA) is 88.8 Å². The fourth-order valence-electron chi connectivity index (χ4n) is 3.92. The number of carbonyl (C=O) groups is 1. The first-order valence-corrected chi connectivity index (χ1v) is 11.9. The van der Waals surface area contributed by atoms with Crippen molar-refractivity contribution < 1.29 is 9.18 Å². The number of hydrogen-bond acceptors (Lipinski definition) is 7. The maximum absolute atomic E-state index is 13.1. The molecule has 4 heterocycles. The van der Waals surface area contributed by atoms with E-state index in [1.165, 1.54) is 29.8 Å². The molecule has 0 spiro atoms. The number of hydrogen-bond donors (Lipinski definition) is 1. The molecule has 0 radical (unpaired) electrons. The molecule has 1 amide bonds. The van der Waals surface area contributed by atoms with E-state index in [9.17, 15) is 9.18 Å².